The van der Waals surface area contributed by atoms with Crippen LogP contribution in [0, 0.1) is 29.2 Å². The summed E-state index contributed by atoms with van der Waals surface area (Å²) < 4.78 is 120. The predicted molar refractivity (Wildman–Crippen MR) is 141 cm³/mol. The van der Waals surface area contributed by atoms with Gasteiger partial charge in [0.15, 0.2) is 5.78 Å². The number of hydrogen-bond donors (Lipinski definition) is 1. The van der Waals surface area contributed by atoms with Crippen LogP contribution >= 0.6 is 34.8 Å². The van der Waals surface area contributed by atoms with Crippen molar-refractivity contribution in [1.29, 1.82) is 0 Å². The maximum absolute atomic E-state index is 14.9. The van der Waals surface area contributed by atoms with Gasteiger partial charge in [0.1, 0.15) is 27.6 Å². The van der Waals surface area contributed by atoms with Gasteiger partial charge < -0.3 is 5.32 Å². The van der Waals surface area contributed by atoms with Crippen LogP contribution in [0.2, 0.25) is 5.02 Å². The molecule has 0 unspecified atom stereocenters. The second-order valence-corrected chi connectivity index (χ2v) is 11.5. The number of carbonyl (C=O) groups is 3. The van der Waals surface area contributed by atoms with E-state index in [9.17, 15) is 53.9 Å². The molecule has 1 aliphatic carbocycles. The van der Waals surface area contributed by atoms with Gasteiger partial charge in [-0.2, -0.15) is 13.2 Å². The van der Waals surface area contributed by atoms with Crippen LogP contribution < -0.4 is 5.32 Å². The van der Waals surface area contributed by atoms with Gasteiger partial charge >= 0.3 is 6.18 Å². The van der Waals surface area contributed by atoms with E-state index in [-0.39, 0.29) is 5.56 Å². The molecule has 1 aliphatic rings. The van der Waals surface area contributed by atoms with Crippen LogP contribution in [-0.4, -0.2) is 28.2 Å². The molecule has 0 saturated heterocycles. The highest BCUT2D eigenvalue weighted by atomic mass is 35.5. The zero-order chi connectivity index (χ0) is 32.9. The van der Waals surface area contributed by atoms with Crippen LogP contribution in [0.15, 0.2) is 42.5 Å². The highest BCUT2D eigenvalue weighted by Crippen LogP contribution is 2.65. The van der Waals surface area contributed by atoms with Crippen molar-refractivity contribution in [2.45, 2.75) is 35.7 Å². The average Bonchev–Trinajstić information content (AvgIpc) is 3.51. The minimum atomic E-state index is -5.06. The van der Waals surface area contributed by atoms with E-state index in [0.717, 1.165) is 18.2 Å². The Balaban J connectivity index is 1.57. The normalized spacial score (nSPS) is 17.5. The van der Waals surface area contributed by atoms with E-state index >= 15 is 0 Å². The first-order chi connectivity index (χ1) is 20.3. The van der Waals surface area contributed by atoms with Gasteiger partial charge in [-0.25, -0.2) is 26.3 Å². The third-order valence-corrected chi connectivity index (χ3v) is 8.12. The van der Waals surface area contributed by atoms with Crippen molar-refractivity contribution in [3.8, 4) is 0 Å². The SMILES string of the molecule is O=C(Cc1c(F)ccc(CC(=O)C(F)F)c1F)c1cc(NC(=O)[C@H]2[C@H](c3ccc(F)c(C(F)(F)F)c3)C2(Cl)Cl)cc(F)c1Cl. The molecule has 1 amide bonds. The lowest BCUT2D eigenvalue weighted by atomic mass is 9.97. The molecule has 1 fully saturated rings. The predicted octanol–water partition coefficient (Wildman–Crippen LogP) is 8.24. The Morgan fingerprint density at radius 1 is 0.886 bits per heavy atom. The lowest BCUT2D eigenvalue weighted by Gasteiger charge is -2.12. The number of alkyl halides is 7. The van der Waals surface area contributed by atoms with Crippen molar-refractivity contribution in [3.63, 3.8) is 0 Å². The third-order valence-electron chi connectivity index (χ3n) is 6.80. The van der Waals surface area contributed by atoms with Crippen molar-refractivity contribution >= 4 is 58.0 Å². The van der Waals surface area contributed by atoms with E-state index in [0.29, 0.717) is 24.3 Å². The summed E-state index contributed by atoms with van der Waals surface area (Å²) in [6.45, 7) is 0. The van der Waals surface area contributed by atoms with Crippen LogP contribution in [0.25, 0.3) is 0 Å². The molecule has 3 aromatic carbocycles. The zero-order valence-corrected chi connectivity index (χ0v) is 23.7. The second kappa shape index (κ2) is 12.2. The fourth-order valence-electron chi connectivity index (χ4n) is 4.57. The van der Waals surface area contributed by atoms with E-state index in [2.05, 4.69) is 5.32 Å². The molecule has 0 aromatic heterocycles. The fourth-order valence-corrected chi connectivity index (χ4v) is 5.61. The minimum absolute atomic E-state index is 0.219. The molecule has 0 heterocycles. The van der Waals surface area contributed by atoms with Gasteiger partial charge in [-0.1, -0.05) is 23.7 Å². The quantitative estimate of drug-likeness (QED) is 0.140. The van der Waals surface area contributed by atoms with Crippen LogP contribution in [0.4, 0.5) is 45.2 Å². The summed E-state index contributed by atoms with van der Waals surface area (Å²) in [7, 11) is 0. The summed E-state index contributed by atoms with van der Waals surface area (Å²) >= 11 is 18.2. The first kappa shape index (κ1) is 33.6. The van der Waals surface area contributed by atoms with Gasteiger partial charge in [-0.05, 0) is 41.5 Å². The second-order valence-electron chi connectivity index (χ2n) is 9.72. The minimum Gasteiger partial charge on any atom is -0.326 e. The molecule has 0 aliphatic heterocycles. The third kappa shape index (κ3) is 6.69. The van der Waals surface area contributed by atoms with Crippen LogP contribution in [0.3, 0.4) is 0 Å². The number of halogens is 12. The van der Waals surface area contributed by atoms with E-state index in [4.69, 9.17) is 34.8 Å². The van der Waals surface area contributed by atoms with Crippen molar-refractivity contribution in [2.75, 3.05) is 5.32 Å². The molecule has 234 valence electrons. The summed E-state index contributed by atoms with van der Waals surface area (Å²) in [5.41, 5.74) is -4.48. The van der Waals surface area contributed by atoms with Gasteiger partial charge in [0.2, 0.25) is 11.7 Å². The average molecular weight is 691 g/mol. The Morgan fingerprint density at radius 3 is 2.14 bits per heavy atom. The molecule has 2 atom stereocenters. The molecule has 0 bridgehead atoms. The maximum Gasteiger partial charge on any atom is 0.419 e. The molecule has 0 spiro atoms. The molecule has 44 heavy (non-hydrogen) atoms. The lowest BCUT2D eigenvalue weighted by molar-refractivity contribution is -0.140. The van der Waals surface area contributed by atoms with E-state index in [1.165, 1.54) is 0 Å². The topological polar surface area (TPSA) is 63.2 Å². The molecule has 4 nitrogen and oxygen atoms in total. The van der Waals surface area contributed by atoms with Gasteiger partial charge in [-0.3, -0.25) is 14.4 Å². The van der Waals surface area contributed by atoms with Crippen molar-refractivity contribution < 1.29 is 53.9 Å². The summed E-state index contributed by atoms with van der Waals surface area (Å²) in [6, 6.07) is 4.83. The standard InChI is InChI=1S/C28H15Cl3F9NO3/c29-23-14(19(42)9-13-16(32)3-2-11(24(13)35)6-20(43)25(36)37)7-12(8-18(23)34)41-26(44)22-21(27(22,30)31)10-1-4-17(33)15(5-10)28(38,39)40/h1-5,7-8,21-22,25H,6,9H2,(H,41,44)/t21-,22+/m0/s1. The molecular weight excluding hydrogens is 676 g/mol. The van der Waals surface area contributed by atoms with Gasteiger partial charge in [0.05, 0.1) is 16.5 Å². The summed E-state index contributed by atoms with van der Waals surface area (Å²) in [5.74, 6) is -12.1. The Bertz CT molecular complexity index is 1680. The highest BCUT2D eigenvalue weighted by Gasteiger charge is 2.67. The Hall–Kier alpha value is -3.29. The van der Waals surface area contributed by atoms with Gasteiger partial charge in [0, 0.05) is 35.6 Å². The molecule has 1 N–H and O–H groups in total. The van der Waals surface area contributed by atoms with Crippen LogP contribution in [0.5, 0.6) is 0 Å². The molecule has 4 rings (SSSR count). The molecule has 16 heteroatoms. The monoisotopic (exact) mass is 689 g/mol. The smallest absolute Gasteiger partial charge is 0.326 e. The number of hydrogen-bond acceptors (Lipinski definition) is 3. The largest absolute Gasteiger partial charge is 0.419 e. The number of nitrogens with one attached hydrogen (secondary N) is 1. The van der Waals surface area contributed by atoms with Gasteiger partial charge in [-0.15, -0.1) is 23.2 Å². The number of ketones is 2. The Kier molecular flexibility index (Phi) is 9.35. The number of rotatable bonds is 9. The maximum atomic E-state index is 14.9. The zero-order valence-electron chi connectivity index (χ0n) is 21.4. The first-order valence-electron chi connectivity index (χ1n) is 12.2. The molecule has 3 aromatic rings. The van der Waals surface area contributed by atoms with Crippen molar-refractivity contribution in [2.24, 2.45) is 5.92 Å². The molecular formula is C28H15Cl3F9NO3. The van der Waals surface area contributed by atoms with Crippen molar-refractivity contribution in [1.82, 2.24) is 0 Å². The Labute approximate surface area is 257 Å². The molecule has 0 radical (unpaired) electrons. The first-order valence-corrected chi connectivity index (χ1v) is 13.3. The molecule has 1 saturated carbocycles. The highest BCUT2D eigenvalue weighted by molar-refractivity contribution is 6.53. The van der Waals surface area contributed by atoms with E-state index in [1.807, 2.05) is 0 Å². The van der Waals surface area contributed by atoms with E-state index in [1.54, 1.807) is 0 Å². The summed E-state index contributed by atoms with van der Waals surface area (Å²) in [4.78, 5) is 37.2. The van der Waals surface area contributed by atoms with Crippen LogP contribution in [0.1, 0.15) is 38.5 Å². The van der Waals surface area contributed by atoms with Gasteiger partial charge in [0.25, 0.3) is 6.43 Å². The van der Waals surface area contributed by atoms with Crippen molar-refractivity contribution in [3.05, 3.63) is 98.6 Å². The fraction of sp³-hybridized carbons (Fsp3) is 0.250. The number of carbonyl (C=O) groups excluding carboxylic acids is 3. The van der Waals surface area contributed by atoms with E-state index < -0.39 is 115 Å². The number of benzene rings is 3. The number of anilines is 1. The lowest BCUT2D eigenvalue weighted by Crippen LogP contribution is -2.18. The van der Waals surface area contributed by atoms with Crippen LogP contribution in [-0.2, 0) is 28.6 Å². The number of amides is 1. The number of Topliss-reactive ketones (excluding diaryl/α,β-unsaturated/α-hetero) is 2. The summed E-state index contributed by atoms with van der Waals surface area (Å²) in [5, 5.41) is 1.39. The summed E-state index contributed by atoms with van der Waals surface area (Å²) in [6.07, 6.45) is -10.7. The Morgan fingerprint density at radius 2 is 1.52 bits per heavy atom.